The van der Waals surface area contributed by atoms with Gasteiger partial charge in [0.2, 0.25) is 0 Å². The second kappa shape index (κ2) is 5.69. The van der Waals surface area contributed by atoms with Crippen LogP contribution in [0.4, 0.5) is 0 Å². The van der Waals surface area contributed by atoms with Crippen molar-refractivity contribution in [1.29, 1.82) is 0 Å². The number of likely N-dealkylation sites (N-methyl/N-ethyl adjacent to an activating group) is 1. The Bertz CT molecular complexity index is 657. The van der Waals surface area contributed by atoms with Crippen molar-refractivity contribution in [2.75, 3.05) is 13.6 Å². The van der Waals surface area contributed by atoms with Gasteiger partial charge in [0.1, 0.15) is 0 Å². The summed E-state index contributed by atoms with van der Waals surface area (Å²) in [5.41, 5.74) is 3.96. The highest BCUT2D eigenvalue weighted by atomic mass is 79.9. The molecule has 104 valence electrons. The van der Waals surface area contributed by atoms with Crippen molar-refractivity contribution < 1.29 is 0 Å². The van der Waals surface area contributed by atoms with E-state index in [-0.39, 0.29) is 0 Å². The topological polar surface area (TPSA) is 3.24 Å². The standard InChI is InChI=1S/C16H14BrCl2N/c1-20-8-11-6-12(17)3-4-13(11)14(9-20)10-2-5-15(18)16(19)7-10/h2-7,14H,8-9H2,1H3. The Morgan fingerprint density at radius 3 is 2.65 bits per heavy atom. The first-order valence-corrected chi connectivity index (χ1v) is 8.01. The Morgan fingerprint density at radius 1 is 1.10 bits per heavy atom. The molecule has 0 aromatic heterocycles. The number of rotatable bonds is 1. The van der Waals surface area contributed by atoms with Crippen LogP contribution in [0.3, 0.4) is 0 Å². The number of nitrogens with zero attached hydrogens (tertiary/aromatic N) is 1. The minimum absolute atomic E-state index is 0.339. The summed E-state index contributed by atoms with van der Waals surface area (Å²) in [6.07, 6.45) is 0. The highest BCUT2D eigenvalue weighted by Gasteiger charge is 2.25. The molecule has 1 heterocycles. The number of benzene rings is 2. The number of hydrogen-bond acceptors (Lipinski definition) is 1. The quantitative estimate of drug-likeness (QED) is 0.655. The zero-order chi connectivity index (χ0) is 14.3. The molecule has 2 aromatic carbocycles. The third kappa shape index (κ3) is 2.75. The molecule has 0 aliphatic carbocycles. The van der Waals surface area contributed by atoms with Crippen LogP contribution >= 0.6 is 39.1 Å². The molecule has 2 aromatic rings. The van der Waals surface area contributed by atoms with Gasteiger partial charge in [-0.25, -0.2) is 0 Å². The predicted octanol–water partition coefficient (Wildman–Crippen LogP) is 5.33. The molecule has 0 saturated carbocycles. The van der Waals surface area contributed by atoms with Gasteiger partial charge in [0.15, 0.2) is 0 Å². The number of hydrogen-bond donors (Lipinski definition) is 0. The third-order valence-corrected chi connectivity index (χ3v) is 4.99. The van der Waals surface area contributed by atoms with Crippen LogP contribution in [-0.2, 0) is 6.54 Å². The van der Waals surface area contributed by atoms with Gasteiger partial charge in [0, 0.05) is 23.5 Å². The second-order valence-electron chi connectivity index (χ2n) is 5.27. The van der Waals surface area contributed by atoms with Gasteiger partial charge < -0.3 is 4.90 Å². The molecule has 1 aliphatic rings. The summed E-state index contributed by atoms with van der Waals surface area (Å²) in [5, 5.41) is 1.23. The van der Waals surface area contributed by atoms with Crippen molar-refractivity contribution in [3.05, 3.63) is 67.6 Å². The fraction of sp³-hybridized carbons (Fsp3) is 0.250. The van der Waals surface area contributed by atoms with Gasteiger partial charge >= 0.3 is 0 Å². The normalized spacial score (nSPS) is 18.9. The molecule has 0 spiro atoms. The zero-order valence-electron chi connectivity index (χ0n) is 11.0. The van der Waals surface area contributed by atoms with E-state index in [1.54, 1.807) is 0 Å². The van der Waals surface area contributed by atoms with Gasteiger partial charge in [-0.1, -0.05) is 51.3 Å². The van der Waals surface area contributed by atoms with Gasteiger partial charge in [-0.2, -0.15) is 0 Å². The monoisotopic (exact) mass is 369 g/mol. The Morgan fingerprint density at radius 2 is 1.90 bits per heavy atom. The smallest absolute Gasteiger partial charge is 0.0595 e. The lowest BCUT2D eigenvalue weighted by Gasteiger charge is -2.33. The van der Waals surface area contributed by atoms with Crippen molar-refractivity contribution >= 4 is 39.1 Å². The molecule has 0 fully saturated rings. The highest BCUT2D eigenvalue weighted by molar-refractivity contribution is 9.10. The van der Waals surface area contributed by atoms with Gasteiger partial charge in [-0.15, -0.1) is 0 Å². The first kappa shape index (κ1) is 14.4. The molecule has 1 atom stereocenters. The summed E-state index contributed by atoms with van der Waals surface area (Å²) in [6.45, 7) is 1.97. The zero-order valence-corrected chi connectivity index (χ0v) is 14.1. The van der Waals surface area contributed by atoms with Crippen molar-refractivity contribution in [2.24, 2.45) is 0 Å². The lowest BCUT2D eigenvalue weighted by molar-refractivity contribution is 0.295. The van der Waals surface area contributed by atoms with E-state index in [9.17, 15) is 0 Å². The Balaban J connectivity index is 2.08. The summed E-state index contributed by atoms with van der Waals surface area (Å²) in [5.74, 6) is 0.339. The lowest BCUT2D eigenvalue weighted by atomic mass is 9.85. The van der Waals surface area contributed by atoms with Crippen LogP contribution < -0.4 is 0 Å². The molecule has 1 unspecified atom stereocenters. The molecular formula is C16H14BrCl2N. The van der Waals surface area contributed by atoms with Crippen LogP contribution in [0, 0.1) is 0 Å². The van der Waals surface area contributed by atoms with Crippen LogP contribution in [0.2, 0.25) is 10.0 Å². The molecule has 0 radical (unpaired) electrons. The van der Waals surface area contributed by atoms with Crippen LogP contribution in [-0.4, -0.2) is 18.5 Å². The minimum atomic E-state index is 0.339. The number of fused-ring (bicyclic) bond motifs is 1. The largest absolute Gasteiger partial charge is 0.301 e. The van der Waals surface area contributed by atoms with E-state index in [0.29, 0.717) is 16.0 Å². The fourth-order valence-corrected chi connectivity index (χ4v) is 3.55. The summed E-state index contributed by atoms with van der Waals surface area (Å²) in [4.78, 5) is 2.34. The average molecular weight is 371 g/mol. The lowest BCUT2D eigenvalue weighted by Crippen LogP contribution is -2.30. The Kier molecular flexibility index (Phi) is 4.09. The maximum absolute atomic E-state index is 6.17. The van der Waals surface area contributed by atoms with Crippen LogP contribution in [0.5, 0.6) is 0 Å². The summed E-state index contributed by atoms with van der Waals surface area (Å²) >= 11 is 15.7. The van der Waals surface area contributed by atoms with Gasteiger partial charge in [-0.05, 0) is 48.0 Å². The van der Waals surface area contributed by atoms with E-state index in [1.807, 2.05) is 12.1 Å². The maximum atomic E-state index is 6.17. The average Bonchev–Trinajstić information content (AvgIpc) is 2.40. The molecule has 0 N–H and O–H groups in total. The van der Waals surface area contributed by atoms with E-state index in [2.05, 4.69) is 52.1 Å². The van der Waals surface area contributed by atoms with Crippen molar-refractivity contribution in [2.45, 2.75) is 12.5 Å². The highest BCUT2D eigenvalue weighted by Crippen LogP contribution is 2.36. The summed E-state index contributed by atoms with van der Waals surface area (Å²) in [7, 11) is 2.15. The molecule has 1 nitrogen and oxygen atoms in total. The van der Waals surface area contributed by atoms with Gasteiger partial charge in [0.05, 0.1) is 10.0 Å². The summed E-state index contributed by atoms with van der Waals surface area (Å²) in [6, 6.07) is 12.5. The van der Waals surface area contributed by atoms with E-state index in [1.165, 1.54) is 16.7 Å². The summed E-state index contributed by atoms with van der Waals surface area (Å²) < 4.78 is 1.12. The Labute approximate surface area is 137 Å². The fourth-order valence-electron chi connectivity index (χ4n) is 2.83. The van der Waals surface area contributed by atoms with Crippen molar-refractivity contribution in [1.82, 2.24) is 4.90 Å². The molecule has 20 heavy (non-hydrogen) atoms. The maximum Gasteiger partial charge on any atom is 0.0595 e. The van der Waals surface area contributed by atoms with Crippen LogP contribution in [0.1, 0.15) is 22.6 Å². The van der Waals surface area contributed by atoms with Crippen LogP contribution in [0.25, 0.3) is 0 Å². The first-order valence-electron chi connectivity index (χ1n) is 6.46. The Hall–Kier alpha value is -0.540. The third-order valence-electron chi connectivity index (χ3n) is 3.76. The SMILES string of the molecule is CN1Cc2cc(Br)ccc2C(c2ccc(Cl)c(Cl)c2)C1. The van der Waals surface area contributed by atoms with E-state index < -0.39 is 0 Å². The molecule has 4 heteroatoms. The molecule has 0 bridgehead atoms. The number of halogens is 3. The molecular weight excluding hydrogens is 357 g/mol. The van der Waals surface area contributed by atoms with Gasteiger partial charge in [-0.3, -0.25) is 0 Å². The van der Waals surface area contributed by atoms with Gasteiger partial charge in [0.25, 0.3) is 0 Å². The predicted molar refractivity (Wildman–Crippen MR) is 88.8 cm³/mol. The first-order chi connectivity index (χ1) is 9.54. The second-order valence-corrected chi connectivity index (χ2v) is 7.00. The molecule has 3 rings (SSSR count). The molecule has 0 saturated heterocycles. The van der Waals surface area contributed by atoms with Crippen molar-refractivity contribution in [3.8, 4) is 0 Å². The van der Waals surface area contributed by atoms with E-state index in [4.69, 9.17) is 23.2 Å². The molecule has 1 aliphatic heterocycles. The molecule has 0 amide bonds. The van der Waals surface area contributed by atoms with Crippen LogP contribution in [0.15, 0.2) is 40.9 Å². The van der Waals surface area contributed by atoms with E-state index in [0.717, 1.165) is 17.6 Å². The minimum Gasteiger partial charge on any atom is -0.301 e. The van der Waals surface area contributed by atoms with E-state index >= 15 is 0 Å². The van der Waals surface area contributed by atoms with Crippen molar-refractivity contribution in [3.63, 3.8) is 0 Å².